The molecule has 0 spiro atoms. The number of fused-ring (bicyclic) bond motifs is 1. The quantitative estimate of drug-likeness (QED) is 0.606. The molecular formula is C25H33N3O4. The third kappa shape index (κ3) is 6.79. The lowest BCUT2D eigenvalue weighted by atomic mass is 9.81. The van der Waals surface area contributed by atoms with E-state index in [4.69, 9.17) is 9.73 Å². The van der Waals surface area contributed by atoms with Crippen molar-refractivity contribution in [2.45, 2.75) is 58.8 Å². The van der Waals surface area contributed by atoms with Crippen LogP contribution in [-0.2, 0) is 16.0 Å². The van der Waals surface area contributed by atoms with E-state index in [-0.39, 0.29) is 35.6 Å². The number of ether oxygens (including phenoxy) is 1. The van der Waals surface area contributed by atoms with Gasteiger partial charge in [0.15, 0.2) is 0 Å². The molecule has 1 aromatic rings. The highest BCUT2D eigenvalue weighted by Crippen LogP contribution is 2.32. The maximum atomic E-state index is 11.7. The number of amides is 1. The fourth-order valence-electron chi connectivity index (χ4n) is 3.94. The number of aliphatic hydroxyl groups excluding tert-OH is 1. The number of carbonyl (C=O) groups excluding carboxylic acids is 1. The van der Waals surface area contributed by atoms with E-state index in [2.05, 4.69) is 49.3 Å². The summed E-state index contributed by atoms with van der Waals surface area (Å²) in [7, 11) is 0. The van der Waals surface area contributed by atoms with Crippen LogP contribution in [-0.4, -0.2) is 51.6 Å². The number of aromatic nitrogens is 1. The Morgan fingerprint density at radius 2 is 2.09 bits per heavy atom. The van der Waals surface area contributed by atoms with Gasteiger partial charge in [0.1, 0.15) is 11.9 Å². The molecule has 3 rings (SSSR count). The Morgan fingerprint density at radius 3 is 2.75 bits per heavy atom. The molecule has 1 amide bonds. The first kappa shape index (κ1) is 23.7. The van der Waals surface area contributed by atoms with Gasteiger partial charge in [-0.25, -0.2) is 0 Å². The zero-order valence-corrected chi connectivity index (χ0v) is 19.2. The van der Waals surface area contributed by atoms with Crippen LogP contribution in [0.5, 0.6) is 5.75 Å². The monoisotopic (exact) mass is 439 g/mol. The number of aromatic hydroxyl groups is 1. The van der Waals surface area contributed by atoms with Gasteiger partial charge >= 0.3 is 0 Å². The topological polar surface area (TPSA) is 104 Å². The Morgan fingerprint density at radius 1 is 1.31 bits per heavy atom. The SMILES string of the molecule is CC(=O)NC(Cc1ccc(O)cn1)C(O)CN=C1C=COC2C=CC(CC(C)(C)C)=CC12. The molecule has 0 fully saturated rings. The molecule has 2 aliphatic rings. The first-order valence-corrected chi connectivity index (χ1v) is 10.9. The van der Waals surface area contributed by atoms with Crippen molar-refractivity contribution in [3.63, 3.8) is 0 Å². The van der Waals surface area contributed by atoms with Crippen molar-refractivity contribution in [1.29, 1.82) is 0 Å². The van der Waals surface area contributed by atoms with Gasteiger partial charge in [-0.1, -0.05) is 38.5 Å². The fraction of sp³-hybridized carbons (Fsp3) is 0.480. The number of carbonyl (C=O) groups is 1. The van der Waals surface area contributed by atoms with E-state index < -0.39 is 12.1 Å². The summed E-state index contributed by atoms with van der Waals surface area (Å²) in [4.78, 5) is 20.5. The zero-order chi connectivity index (χ0) is 23.3. The normalized spacial score (nSPS) is 23.2. The number of allylic oxidation sites excluding steroid dienone is 3. The highest BCUT2D eigenvalue weighted by Gasteiger charge is 2.30. The van der Waals surface area contributed by atoms with E-state index in [1.54, 1.807) is 12.3 Å². The molecule has 0 bridgehead atoms. The molecule has 3 N–H and O–H groups in total. The van der Waals surface area contributed by atoms with E-state index in [1.807, 2.05) is 6.08 Å². The molecule has 0 saturated carbocycles. The number of pyridine rings is 1. The summed E-state index contributed by atoms with van der Waals surface area (Å²) in [5.41, 5.74) is 2.93. The minimum Gasteiger partial charge on any atom is -0.506 e. The van der Waals surface area contributed by atoms with E-state index in [1.165, 1.54) is 24.8 Å². The summed E-state index contributed by atoms with van der Waals surface area (Å²) in [6.45, 7) is 8.18. The highest BCUT2D eigenvalue weighted by molar-refractivity contribution is 5.99. The number of nitrogens with one attached hydrogen (secondary N) is 1. The molecule has 32 heavy (non-hydrogen) atoms. The van der Waals surface area contributed by atoms with Crippen LogP contribution in [0.3, 0.4) is 0 Å². The first-order valence-electron chi connectivity index (χ1n) is 10.9. The predicted octanol–water partition coefficient (Wildman–Crippen LogP) is 3.10. The van der Waals surface area contributed by atoms with Crippen LogP contribution in [0.25, 0.3) is 0 Å². The Balaban J connectivity index is 1.73. The third-order valence-corrected chi connectivity index (χ3v) is 5.35. The molecule has 0 aromatic carbocycles. The van der Waals surface area contributed by atoms with Crippen LogP contribution in [0.4, 0.5) is 0 Å². The summed E-state index contributed by atoms with van der Waals surface area (Å²) in [6.07, 6.45) is 11.5. The third-order valence-electron chi connectivity index (χ3n) is 5.35. The van der Waals surface area contributed by atoms with E-state index in [0.717, 1.165) is 12.1 Å². The standard InChI is InChI=1S/C25H33N3O4/c1-16(29)28-22(12-18-6-7-19(30)14-26-18)23(31)15-27-21-9-10-32-24-8-5-17(11-20(21)24)13-25(2,3)4/h5-11,14,20,22-24,30-31H,12-13,15H2,1-4H3,(H,28,29). The van der Waals surface area contributed by atoms with Crippen LogP contribution in [0, 0.1) is 11.3 Å². The van der Waals surface area contributed by atoms with Crippen LogP contribution in [0.2, 0.25) is 0 Å². The van der Waals surface area contributed by atoms with E-state index >= 15 is 0 Å². The molecule has 0 saturated heterocycles. The smallest absolute Gasteiger partial charge is 0.217 e. The molecule has 1 aliphatic heterocycles. The average molecular weight is 440 g/mol. The Hall–Kier alpha value is -2.93. The predicted molar refractivity (Wildman–Crippen MR) is 124 cm³/mol. The molecule has 7 nitrogen and oxygen atoms in total. The largest absolute Gasteiger partial charge is 0.506 e. The van der Waals surface area contributed by atoms with Crippen LogP contribution in [0.15, 0.2) is 59.5 Å². The molecule has 0 radical (unpaired) electrons. The average Bonchev–Trinajstić information content (AvgIpc) is 2.71. The van der Waals surface area contributed by atoms with Crippen molar-refractivity contribution in [2.24, 2.45) is 16.3 Å². The van der Waals surface area contributed by atoms with Gasteiger partial charge in [-0.05, 0) is 36.1 Å². The van der Waals surface area contributed by atoms with Gasteiger partial charge in [0.2, 0.25) is 5.91 Å². The molecule has 1 aliphatic carbocycles. The van der Waals surface area contributed by atoms with Crippen molar-refractivity contribution < 1.29 is 19.7 Å². The van der Waals surface area contributed by atoms with Gasteiger partial charge < -0.3 is 20.3 Å². The lowest BCUT2D eigenvalue weighted by Gasteiger charge is -2.31. The second-order valence-corrected chi connectivity index (χ2v) is 9.62. The number of rotatable bonds is 7. The Bertz CT molecular complexity index is 926. The molecule has 172 valence electrons. The molecular weight excluding hydrogens is 406 g/mol. The highest BCUT2D eigenvalue weighted by atomic mass is 16.5. The summed E-state index contributed by atoms with van der Waals surface area (Å²) in [5.74, 6) is -0.177. The van der Waals surface area contributed by atoms with Crippen molar-refractivity contribution >= 4 is 11.6 Å². The summed E-state index contributed by atoms with van der Waals surface area (Å²) in [5, 5.41) is 23.0. The maximum absolute atomic E-state index is 11.7. The molecule has 4 unspecified atom stereocenters. The first-order chi connectivity index (χ1) is 15.1. The van der Waals surface area contributed by atoms with E-state index in [0.29, 0.717) is 12.1 Å². The minimum atomic E-state index is -0.895. The number of nitrogens with zero attached hydrogens (tertiary/aromatic N) is 2. The number of aliphatic imine (C=N–C) groups is 1. The maximum Gasteiger partial charge on any atom is 0.217 e. The van der Waals surface area contributed by atoms with Gasteiger partial charge in [-0.15, -0.1) is 0 Å². The lowest BCUT2D eigenvalue weighted by molar-refractivity contribution is -0.120. The molecule has 1 aromatic heterocycles. The van der Waals surface area contributed by atoms with Crippen molar-refractivity contribution in [3.8, 4) is 5.75 Å². The number of hydrogen-bond acceptors (Lipinski definition) is 6. The van der Waals surface area contributed by atoms with Crippen LogP contribution < -0.4 is 5.32 Å². The zero-order valence-electron chi connectivity index (χ0n) is 19.2. The number of hydrogen-bond donors (Lipinski definition) is 3. The van der Waals surface area contributed by atoms with Gasteiger partial charge in [-0.3, -0.25) is 14.8 Å². The second-order valence-electron chi connectivity index (χ2n) is 9.62. The fourth-order valence-corrected chi connectivity index (χ4v) is 3.94. The van der Waals surface area contributed by atoms with Crippen molar-refractivity contribution in [3.05, 3.63) is 60.2 Å². The van der Waals surface area contributed by atoms with Gasteiger partial charge in [0.25, 0.3) is 0 Å². The van der Waals surface area contributed by atoms with E-state index in [9.17, 15) is 15.0 Å². The van der Waals surface area contributed by atoms with Crippen molar-refractivity contribution in [2.75, 3.05) is 6.54 Å². The summed E-state index contributed by atoms with van der Waals surface area (Å²) in [6, 6.07) is 2.65. The molecule has 4 atom stereocenters. The number of aliphatic hydroxyl groups is 1. The van der Waals surface area contributed by atoms with Gasteiger partial charge in [-0.2, -0.15) is 0 Å². The van der Waals surface area contributed by atoms with Gasteiger partial charge in [0, 0.05) is 24.8 Å². The summed E-state index contributed by atoms with van der Waals surface area (Å²) < 4.78 is 5.75. The second kappa shape index (κ2) is 10.1. The van der Waals surface area contributed by atoms with Crippen molar-refractivity contribution in [1.82, 2.24) is 10.3 Å². The Labute approximate surface area is 189 Å². The van der Waals surface area contributed by atoms with Gasteiger partial charge in [0.05, 0.1) is 37.1 Å². The summed E-state index contributed by atoms with van der Waals surface area (Å²) >= 11 is 0. The lowest BCUT2D eigenvalue weighted by Crippen LogP contribution is -2.45. The van der Waals surface area contributed by atoms with Crippen LogP contribution in [0.1, 0.15) is 39.8 Å². The van der Waals surface area contributed by atoms with Crippen LogP contribution >= 0.6 is 0 Å². The molecule has 2 heterocycles. The minimum absolute atomic E-state index is 0.00692. The Kier molecular flexibility index (Phi) is 7.51. The molecule has 7 heteroatoms.